The SMILES string of the molecule is CCCC#CCCc1ccccc1C1=C(CCCC)C(C#CCCCCCCCCCCCCCCCC)=C(c2cccc(CCCC)c2)[N+]1=[N-].[CH2-]C.[CH2-]C.[Pd+2]. The number of unbranched alkanes of at least 4 members (excludes halogenated alkanes) is 17. The molecule has 0 spiro atoms. The second-order valence-electron chi connectivity index (χ2n) is 14.7. The van der Waals surface area contributed by atoms with Gasteiger partial charge in [0.25, 0.3) is 0 Å². The quantitative estimate of drug-likeness (QED) is 0.0313. The average Bonchev–Trinajstić information content (AvgIpc) is 3.50. The number of allylic oxidation sites excluding steroid dienone is 2. The molecule has 0 bridgehead atoms. The van der Waals surface area contributed by atoms with E-state index < -0.39 is 0 Å². The largest absolute Gasteiger partial charge is 2.00 e. The van der Waals surface area contributed by atoms with Gasteiger partial charge in [-0.2, -0.15) is 13.8 Å². The third-order valence-electron chi connectivity index (χ3n) is 10.2. The van der Waals surface area contributed by atoms with Crippen LogP contribution >= 0.6 is 0 Å². The summed E-state index contributed by atoms with van der Waals surface area (Å²) in [6.45, 7) is 19.0. The molecule has 3 heteroatoms. The van der Waals surface area contributed by atoms with E-state index in [1.165, 1.54) is 111 Å². The molecule has 56 heavy (non-hydrogen) atoms. The monoisotopic (exact) mass is 851 g/mol. The van der Waals surface area contributed by atoms with E-state index in [-0.39, 0.29) is 20.4 Å². The van der Waals surface area contributed by atoms with E-state index in [4.69, 9.17) is 0 Å². The Morgan fingerprint density at radius 1 is 0.518 bits per heavy atom. The van der Waals surface area contributed by atoms with Crippen LogP contribution in [0.2, 0.25) is 0 Å². The Labute approximate surface area is 361 Å². The van der Waals surface area contributed by atoms with Gasteiger partial charge in [-0.1, -0.05) is 166 Å². The van der Waals surface area contributed by atoms with E-state index in [0.717, 1.165) is 98.7 Å². The molecule has 3 rings (SSSR count). The zero-order valence-electron chi connectivity index (χ0n) is 36.9. The predicted octanol–water partition coefficient (Wildman–Crippen LogP) is 16.7. The molecular weight excluding hydrogens is 771 g/mol. The van der Waals surface area contributed by atoms with E-state index in [9.17, 15) is 5.53 Å². The second kappa shape index (κ2) is 36.6. The summed E-state index contributed by atoms with van der Waals surface area (Å²) in [5.41, 5.74) is 20.9. The minimum absolute atomic E-state index is 0. The van der Waals surface area contributed by atoms with Gasteiger partial charge >= 0.3 is 20.4 Å². The molecule has 0 saturated carbocycles. The van der Waals surface area contributed by atoms with Gasteiger partial charge in [0.1, 0.15) is 5.57 Å². The molecule has 0 fully saturated rings. The Hall–Kier alpha value is -2.70. The van der Waals surface area contributed by atoms with Crippen LogP contribution in [-0.2, 0) is 33.3 Å². The van der Waals surface area contributed by atoms with Crippen molar-refractivity contribution in [1.82, 2.24) is 0 Å². The zero-order chi connectivity index (χ0) is 40.4. The third kappa shape index (κ3) is 20.6. The second-order valence-corrected chi connectivity index (χ2v) is 14.7. The summed E-state index contributed by atoms with van der Waals surface area (Å²) in [5, 5.41) is 0. The van der Waals surface area contributed by atoms with Gasteiger partial charge in [0.15, 0.2) is 0 Å². The van der Waals surface area contributed by atoms with Crippen LogP contribution in [-0.4, -0.2) is 4.70 Å². The molecule has 0 aliphatic carbocycles. The van der Waals surface area contributed by atoms with Crippen molar-refractivity contribution in [3.05, 3.63) is 101 Å². The first-order chi connectivity index (χ1) is 27.2. The summed E-state index contributed by atoms with van der Waals surface area (Å²) in [5.74, 6) is 13.9. The fraction of sp³-hybridized carbons (Fsp3) is 0.585. The third-order valence-corrected chi connectivity index (χ3v) is 10.2. The Morgan fingerprint density at radius 3 is 1.68 bits per heavy atom. The molecular formula is C53H80N2Pd. The summed E-state index contributed by atoms with van der Waals surface area (Å²) in [6, 6.07) is 17.4. The molecule has 1 aliphatic heterocycles. The first-order valence-corrected chi connectivity index (χ1v) is 22.7. The van der Waals surface area contributed by atoms with Crippen molar-refractivity contribution < 1.29 is 25.1 Å². The topological polar surface area (TPSA) is 25.3 Å². The molecule has 0 unspecified atom stereocenters. The van der Waals surface area contributed by atoms with E-state index in [1.54, 1.807) is 13.8 Å². The maximum Gasteiger partial charge on any atom is 2.00 e. The van der Waals surface area contributed by atoms with Crippen molar-refractivity contribution in [1.29, 1.82) is 0 Å². The minimum atomic E-state index is 0. The normalized spacial score (nSPS) is 11.8. The van der Waals surface area contributed by atoms with Crippen molar-refractivity contribution in [3.8, 4) is 23.7 Å². The summed E-state index contributed by atoms with van der Waals surface area (Å²) in [4.78, 5) is 0. The van der Waals surface area contributed by atoms with Crippen LogP contribution in [0, 0.1) is 37.5 Å². The number of hydrogen-bond acceptors (Lipinski definition) is 0. The van der Waals surface area contributed by atoms with Crippen LogP contribution in [0.25, 0.3) is 16.9 Å². The molecule has 0 saturated heterocycles. The van der Waals surface area contributed by atoms with Crippen LogP contribution < -0.4 is 0 Å². The Morgan fingerprint density at radius 2 is 1.07 bits per heavy atom. The molecule has 0 N–H and O–H groups in total. The molecule has 2 nitrogen and oxygen atoms in total. The number of aryl methyl sites for hydroxylation is 2. The summed E-state index contributed by atoms with van der Waals surface area (Å²) in [6.07, 6.45) is 30.2. The maximum atomic E-state index is 12.2. The van der Waals surface area contributed by atoms with Crippen molar-refractivity contribution >= 4 is 11.4 Å². The first-order valence-electron chi connectivity index (χ1n) is 22.7. The number of benzene rings is 2. The van der Waals surface area contributed by atoms with Crippen LogP contribution in [0.15, 0.2) is 59.7 Å². The molecule has 1 heterocycles. The van der Waals surface area contributed by atoms with E-state index in [1.807, 2.05) is 0 Å². The van der Waals surface area contributed by atoms with Crippen molar-refractivity contribution in [3.63, 3.8) is 0 Å². The zero-order valence-corrected chi connectivity index (χ0v) is 38.5. The van der Waals surface area contributed by atoms with Gasteiger partial charge in [0.2, 0.25) is 11.4 Å². The van der Waals surface area contributed by atoms with Gasteiger partial charge < -0.3 is 19.4 Å². The van der Waals surface area contributed by atoms with Crippen LogP contribution in [0.5, 0.6) is 0 Å². The standard InChI is InChI=1S/C49H70N2.2C2H5.Pd/c1-5-9-13-15-16-17-18-19-20-21-22-23-24-25-27-29-40-46-47(38-12-8-4)49(45-39-31-30-36-43(45)35-28-26-14-10-6-2)51(50)48(46)44-37-32-34-42(41-44)33-11-7-3;2*1-2;/h30-32,34,36-37,39,41H,5-13,15-25,27-28,33,35,38H2,1-4H3;2*1H2,2H3;/q;2*-1;+2. The number of hydrogen-bond donors (Lipinski definition) is 0. The van der Waals surface area contributed by atoms with Crippen molar-refractivity contribution in [2.45, 2.75) is 202 Å². The first kappa shape index (κ1) is 53.3. The van der Waals surface area contributed by atoms with Gasteiger partial charge in [-0.25, -0.2) is 4.70 Å². The molecule has 312 valence electrons. The van der Waals surface area contributed by atoms with E-state index >= 15 is 0 Å². The molecule has 1 aliphatic rings. The van der Waals surface area contributed by atoms with E-state index in [0.29, 0.717) is 0 Å². The minimum Gasteiger partial charge on any atom is -0.493 e. The Bertz CT molecular complexity index is 1510. The number of nitrogens with zero attached hydrogens (tertiary/aromatic N) is 2. The van der Waals surface area contributed by atoms with Crippen LogP contribution in [0.3, 0.4) is 0 Å². The predicted molar refractivity (Wildman–Crippen MR) is 244 cm³/mol. The maximum absolute atomic E-state index is 12.2. The molecule has 0 radical (unpaired) electrons. The van der Waals surface area contributed by atoms with Crippen molar-refractivity contribution in [2.24, 2.45) is 0 Å². The van der Waals surface area contributed by atoms with E-state index in [2.05, 4.69) is 114 Å². The molecule has 0 atom stereocenters. The Balaban J connectivity index is 0.00000585. The van der Waals surface area contributed by atoms with Gasteiger partial charge in [-0.3, -0.25) is 0 Å². The summed E-state index contributed by atoms with van der Waals surface area (Å²) in [7, 11) is 0. The fourth-order valence-electron chi connectivity index (χ4n) is 7.16. The smallest absolute Gasteiger partial charge is 0.493 e. The Kier molecular flexibility index (Phi) is 34.9. The van der Waals surface area contributed by atoms with Crippen LogP contribution in [0.4, 0.5) is 0 Å². The van der Waals surface area contributed by atoms with Crippen molar-refractivity contribution in [2.75, 3.05) is 0 Å². The van der Waals surface area contributed by atoms with Crippen LogP contribution in [0.1, 0.15) is 211 Å². The van der Waals surface area contributed by atoms with Gasteiger partial charge in [0.05, 0.1) is 0 Å². The summed E-state index contributed by atoms with van der Waals surface area (Å²) < 4.78 is 1.49. The molecule has 0 aromatic heterocycles. The summed E-state index contributed by atoms with van der Waals surface area (Å²) >= 11 is 0. The molecule has 0 amide bonds. The van der Waals surface area contributed by atoms with Gasteiger partial charge in [0, 0.05) is 36.0 Å². The molecule has 2 aromatic carbocycles. The molecule has 2 aromatic rings. The average molecular weight is 852 g/mol. The van der Waals surface area contributed by atoms with Gasteiger partial charge in [-0.15, -0.1) is 11.8 Å². The van der Waals surface area contributed by atoms with Gasteiger partial charge in [-0.05, 0) is 74.3 Å². The number of rotatable bonds is 25. The fourth-order valence-corrected chi connectivity index (χ4v) is 7.16.